The van der Waals surface area contributed by atoms with Crippen LogP contribution in [0.3, 0.4) is 0 Å². The van der Waals surface area contributed by atoms with Gasteiger partial charge in [0.2, 0.25) is 0 Å². The second-order valence-corrected chi connectivity index (χ2v) is 5.84. The number of rotatable bonds is 5. The number of ether oxygens (including phenoxy) is 1. The molecule has 2 atom stereocenters. The maximum atomic E-state index is 5.99. The number of fused-ring (bicyclic) bond motifs is 1. The zero-order chi connectivity index (χ0) is 14.5. The first-order valence-electron chi connectivity index (χ1n) is 7.90. The molecule has 0 bridgehead atoms. The Bertz CT molecular complexity index is 587. The van der Waals surface area contributed by atoms with Crippen molar-refractivity contribution in [1.82, 2.24) is 9.97 Å². The molecule has 0 amide bonds. The highest BCUT2D eigenvalue weighted by Gasteiger charge is 2.21. The molecule has 21 heavy (non-hydrogen) atoms. The van der Waals surface area contributed by atoms with Gasteiger partial charge in [0.25, 0.3) is 0 Å². The van der Waals surface area contributed by atoms with Crippen molar-refractivity contribution in [3.63, 3.8) is 0 Å². The summed E-state index contributed by atoms with van der Waals surface area (Å²) in [5.41, 5.74) is 1.85. The number of hydrogen-bond donors (Lipinski definition) is 1. The van der Waals surface area contributed by atoms with Crippen molar-refractivity contribution in [3.8, 4) is 0 Å². The monoisotopic (exact) mass is 285 g/mol. The molecule has 2 aromatic rings. The smallest absolute Gasteiger partial charge is 0.145 e. The van der Waals surface area contributed by atoms with E-state index in [2.05, 4.69) is 22.2 Å². The summed E-state index contributed by atoms with van der Waals surface area (Å²) >= 11 is 0. The third-order valence-corrected chi connectivity index (χ3v) is 4.22. The van der Waals surface area contributed by atoms with Crippen molar-refractivity contribution in [2.45, 2.75) is 38.7 Å². The zero-order valence-corrected chi connectivity index (χ0v) is 12.6. The average Bonchev–Trinajstić information content (AvgIpc) is 2.53. The molecule has 1 N–H and O–H groups in total. The normalized spacial score (nSPS) is 22.3. The van der Waals surface area contributed by atoms with Crippen LogP contribution < -0.4 is 5.32 Å². The first kappa shape index (κ1) is 14.3. The van der Waals surface area contributed by atoms with Gasteiger partial charge in [-0.2, -0.15) is 0 Å². The van der Waals surface area contributed by atoms with Crippen molar-refractivity contribution >= 4 is 16.9 Å². The summed E-state index contributed by atoms with van der Waals surface area (Å²) in [5, 5.41) is 3.29. The van der Waals surface area contributed by atoms with E-state index in [0.29, 0.717) is 12.0 Å². The largest absolute Gasteiger partial charge is 0.376 e. The second-order valence-electron chi connectivity index (χ2n) is 5.84. The van der Waals surface area contributed by atoms with E-state index in [9.17, 15) is 0 Å². The molecular weight excluding hydrogens is 262 g/mol. The Balaban J connectivity index is 1.48. The molecule has 4 heteroatoms. The molecule has 1 aliphatic carbocycles. The fourth-order valence-electron chi connectivity index (χ4n) is 2.96. The highest BCUT2D eigenvalue weighted by Crippen LogP contribution is 2.26. The molecule has 1 fully saturated rings. The van der Waals surface area contributed by atoms with Gasteiger partial charge in [-0.05, 0) is 30.9 Å². The van der Waals surface area contributed by atoms with Gasteiger partial charge in [-0.1, -0.05) is 31.9 Å². The molecule has 0 radical (unpaired) electrons. The molecule has 0 aliphatic heterocycles. The lowest BCUT2D eigenvalue weighted by molar-refractivity contribution is 0.000373. The third-order valence-electron chi connectivity index (χ3n) is 4.22. The van der Waals surface area contributed by atoms with Gasteiger partial charge in [-0.25, -0.2) is 4.98 Å². The fraction of sp³-hybridized carbons (Fsp3) is 0.529. The van der Waals surface area contributed by atoms with Gasteiger partial charge in [0, 0.05) is 6.54 Å². The predicted octanol–water partition coefficient (Wildman–Crippen LogP) is 3.64. The van der Waals surface area contributed by atoms with Gasteiger partial charge in [0.15, 0.2) is 0 Å². The van der Waals surface area contributed by atoms with Gasteiger partial charge in [-0.3, -0.25) is 4.98 Å². The molecule has 0 spiro atoms. The van der Waals surface area contributed by atoms with Crippen molar-refractivity contribution in [2.75, 3.05) is 18.5 Å². The molecule has 1 aromatic carbocycles. The second kappa shape index (κ2) is 6.85. The minimum atomic E-state index is 0.434. The summed E-state index contributed by atoms with van der Waals surface area (Å²) in [6.07, 6.45) is 7.38. The van der Waals surface area contributed by atoms with Crippen LogP contribution in [0.4, 0.5) is 5.82 Å². The van der Waals surface area contributed by atoms with E-state index in [4.69, 9.17) is 4.74 Å². The average molecular weight is 285 g/mol. The Morgan fingerprint density at radius 2 is 2.00 bits per heavy atom. The lowest BCUT2D eigenvalue weighted by Gasteiger charge is -2.28. The van der Waals surface area contributed by atoms with E-state index in [1.165, 1.54) is 25.7 Å². The maximum absolute atomic E-state index is 5.99. The molecule has 4 nitrogen and oxygen atoms in total. The Hall–Kier alpha value is -1.68. The van der Waals surface area contributed by atoms with Gasteiger partial charge in [0.1, 0.15) is 5.82 Å². The van der Waals surface area contributed by atoms with Crippen molar-refractivity contribution < 1.29 is 4.74 Å². The number of anilines is 1. The minimum absolute atomic E-state index is 0.434. The topological polar surface area (TPSA) is 47.0 Å². The van der Waals surface area contributed by atoms with Crippen LogP contribution >= 0.6 is 0 Å². The number of hydrogen-bond acceptors (Lipinski definition) is 4. The van der Waals surface area contributed by atoms with Crippen molar-refractivity contribution in [3.05, 3.63) is 30.5 Å². The summed E-state index contributed by atoms with van der Waals surface area (Å²) in [4.78, 5) is 8.94. The lowest BCUT2D eigenvalue weighted by Crippen LogP contribution is -2.27. The van der Waals surface area contributed by atoms with Crippen LogP contribution in [-0.2, 0) is 4.74 Å². The quantitative estimate of drug-likeness (QED) is 0.852. The van der Waals surface area contributed by atoms with E-state index in [-0.39, 0.29) is 0 Å². The lowest BCUT2D eigenvalue weighted by atomic mass is 9.88. The van der Waals surface area contributed by atoms with Gasteiger partial charge >= 0.3 is 0 Å². The summed E-state index contributed by atoms with van der Waals surface area (Å²) in [6, 6.07) is 7.91. The Morgan fingerprint density at radius 1 is 1.19 bits per heavy atom. The highest BCUT2D eigenvalue weighted by molar-refractivity contribution is 5.75. The van der Waals surface area contributed by atoms with Crippen LogP contribution in [0.2, 0.25) is 0 Å². The first-order valence-corrected chi connectivity index (χ1v) is 7.90. The molecule has 0 unspecified atom stereocenters. The van der Waals surface area contributed by atoms with Crippen molar-refractivity contribution in [1.29, 1.82) is 0 Å². The molecule has 1 saturated carbocycles. The Kier molecular flexibility index (Phi) is 4.65. The van der Waals surface area contributed by atoms with Crippen molar-refractivity contribution in [2.24, 2.45) is 5.92 Å². The van der Waals surface area contributed by atoms with Gasteiger partial charge in [-0.15, -0.1) is 0 Å². The van der Waals surface area contributed by atoms with E-state index in [1.54, 1.807) is 6.20 Å². The van der Waals surface area contributed by atoms with Crippen LogP contribution in [0, 0.1) is 5.92 Å². The number of nitrogens with zero attached hydrogens (tertiary/aromatic N) is 2. The van der Waals surface area contributed by atoms with E-state index >= 15 is 0 Å². The maximum Gasteiger partial charge on any atom is 0.145 e. The highest BCUT2D eigenvalue weighted by atomic mass is 16.5. The van der Waals surface area contributed by atoms with Crippen LogP contribution in [-0.4, -0.2) is 29.2 Å². The van der Waals surface area contributed by atoms with Crippen LogP contribution in [0.25, 0.3) is 11.0 Å². The first-order chi connectivity index (χ1) is 10.3. The molecule has 0 saturated heterocycles. The molecular formula is C17H23N3O. The third kappa shape index (κ3) is 3.70. The van der Waals surface area contributed by atoms with Crippen LogP contribution in [0.1, 0.15) is 32.6 Å². The molecule has 1 heterocycles. The summed E-state index contributed by atoms with van der Waals surface area (Å²) in [5.74, 6) is 1.51. The van der Waals surface area contributed by atoms with Crippen LogP contribution in [0.15, 0.2) is 30.5 Å². The number of para-hydroxylation sites is 2. The van der Waals surface area contributed by atoms with Gasteiger partial charge in [0.05, 0.1) is 29.9 Å². The summed E-state index contributed by atoms with van der Waals surface area (Å²) in [6.45, 7) is 3.80. The molecule has 1 aromatic heterocycles. The van der Waals surface area contributed by atoms with E-state index in [1.807, 2.05) is 24.3 Å². The fourth-order valence-corrected chi connectivity index (χ4v) is 2.96. The molecule has 3 rings (SSSR count). The summed E-state index contributed by atoms with van der Waals surface area (Å²) < 4.78 is 5.99. The van der Waals surface area contributed by atoms with E-state index in [0.717, 1.165) is 30.0 Å². The molecule has 1 aliphatic rings. The predicted molar refractivity (Wildman–Crippen MR) is 85.4 cm³/mol. The summed E-state index contributed by atoms with van der Waals surface area (Å²) in [7, 11) is 0. The van der Waals surface area contributed by atoms with Gasteiger partial charge < -0.3 is 10.1 Å². The van der Waals surface area contributed by atoms with E-state index < -0.39 is 0 Å². The Labute approximate surface area is 125 Å². The minimum Gasteiger partial charge on any atom is -0.376 e. The Morgan fingerprint density at radius 3 is 2.86 bits per heavy atom. The number of nitrogens with one attached hydrogen (secondary N) is 1. The number of aromatic nitrogens is 2. The standard InChI is InChI=1S/C17H23N3O/c1-13-6-2-5-9-16(13)21-11-10-18-17-12-19-14-7-3-4-8-15(14)20-17/h3-4,7-8,12-13,16H,2,5-6,9-11H2,1H3,(H,18,20)/t13-,16-/m1/s1. The SMILES string of the molecule is C[C@@H]1CCCC[C@H]1OCCNc1cnc2ccccc2n1. The number of benzene rings is 1. The molecule has 112 valence electrons. The zero-order valence-electron chi connectivity index (χ0n) is 12.6. The van der Waals surface area contributed by atoms with Crippen LogP contribution in [0.5, 0.6) is 0 Å².